The Balaban J connectivity index is 0.000000218. The van der Waals surface area contributed by atoms with E-state index in [0.29, 0.717) is 11.1 Å². The van der Waals surface area contributed by atoms with Gasteiger partial charge < -0.3 is 0 Å². The second-order valence-electron chi connectivity index (χ2n) is 11.5. The standard InChI is InChI=1S/C17H12F3N5O2S.C16H12F3N5O4S/c18-17(19,20)16-9-15(12-3-1-11(10-21)2-4-12)25(23-16)14-7-5-13(6-8-14)24-28(22,26)27;17-16(18,19)15-9-14(10-1-5-13(6-2-10)24(25)26)23(21-15)12-7-3-11(4-8-12)22-29(20,27)28/h1-9,24H,(H2,22,26,27);1-9,22H,(H2,20,27,28). The summed E-state index contributed by atoms with van der Waals surface area (Å²) in [6.45, 7) is 0. The highest BCUT2D eigenvalue weighted by Crippen LogP contribution is 2.35. The molecule has 296 valence electrons. The number of nitrogens with zero attached hydrogens (tertiary/aromatic N) is 6. The van der Waals surface area contributed by atoms with Crippen LogP contribution in [-0.4, -0.2) is 41.3 Å². The Bertz CT molecular complexity index is 2680. The van der Waals surface area contributed by atoms with Crippen LogP contribution in [0.15, 0.2) is 109 Å². The highest BCUT2D eigenvalue weighted by atomic mass is 32.2. The molecule has 0 unspecified atom stereocenters. The molecule has 0 spiro atoms. The molecule has 6 aromatic rings. The average Bonchev–Trinajstić information content (AvgIpc) is 3.78. The van der Waals surface area contributed by atoms with Gasteiger partial charge in [0.25, 0.3) is 26.1 Å². The number of hydrogen-bond donors (Lipinski definition) is 4. The maximum atomic E-state index is 13.2. The first-order valence-corrected chi connectivity index (χ1v) is 18.5. The Kier molecular flexibility index (Phi) is 11.4. The van der Waals surface area contributed by atoms with Crippen LogP contribution in [0.25, 0.3) is 33.9 Å². The van der Waals surface area contributed by atoms with Gasteiger partial charge >= 0.3 is 12.4 Å². The van der Waals surface area contributed by atoms with E-state index in [1.807, 2.05) is 10.8 Å². The Labute approximate surface area is 318 Å². The fraction of sp³-hybridized carbons (Fsp3) is 0.0606. The molecular weight excluding hydrogens is 811 g/mol. The third kappa shape index (κ3) is 10.7. The van der Waals surface area contributed by atoms with Crippen LogP contribution in [0.4, 0.5) is 43.4 Å². The average molecular weight is 835 g/mol. The van der Waals surface area contributed by atoms with E-state index in [1.165, 1.54) is 97.1 Å². The zero-order valence-corrected chi connectivity index (χ0v) is 29.9. The number of alkyl halides is 6. The van der Waals surface area contributed by atoms with Gasteiger partial charge in [-0.3, -0.25) is 19.6 Å². The van der Waals surface area contributed by atoms with Crippen LogP contribution in [0.1, 0.15) is 17.0 Å². The first-order chi connectivity index (χ1) is 26.5. The van der Waals surface area contributed by atoms with Crippen molar-refractivity contribution in [2.75, 3.05) is 9.44 Å². The van der Waals surface area contributed by atoms with Crippen LogP contribution < -0.4 is 19.7 Å². The Morgan fingerprint density at radius 1 is 0.632 bits per heavy atom. The lowest BCUT2D eigenvalue weighted by Crippen LogP contribution is -2.21. The molecule has 0 saturated carbocycles. The summed E-state index contributed by atoms with van der Waals surface area (Å²) in [5, 5.41) is 36.6. The van der Waals surface area contributed by atoms with E-state index >= 15 is 0 Å². The van der Waals surface area contributed by atoms with Crippen molar-refractivity contribution in [3.63, 3.8) is 0 Å². The molecule has 0 aliphatic heterocycles. The predicted octanol–water partition coefficient (Wildman–Crippen LogP) is 6.13. The molecule has 4 aromatic carbocycles. The van der Waals surface area contributed by atoms with E-state index in [2.05, 4.69) is 14.9 Å². The molecule has 24 heteroatoms. The summed E-state index contributed by atoms with van der Waals surface area (Å²) in [6.07, 6.45) is -9.36. The number of rotatable bonds is 9. The topological polar surface area (TPSA) is 247 Å². The molecule has 0 bridgehead atoms. The molecule has 0 saturated heterocycles. The van der Waals surface area contributed by atoms with Crippen molar-refractivity contribution in [1.82, 2.24) is 19.6 Å². The maximum Gasteiger partial charge on any atom is 0.435 e. The molecule has 0 radical (unpaired) electrons. The van der Waals surface area contributed by atoms with Crippen molar-refractivity contribution in [1.29, 1.82) is 5.26 Å². The Morgan fingerprint density at radius 3 is 1.28 bits per heavy atom. The van der Waals surface area contributed by atoms with Crippen molar-refractivity contribution in [2.24, 2.45) is 10.3 Å². The SMILES string of the molecule is N#Cc1ccc(-c2cc(C(F)(F)F)nn2-c2ccc(NS(N)(=O)=O)cc2)cc1.NS(=O)(=O)Nc1ccc(-n2nc(C(F)(F)F)cc2-c2ccc([N+](=O)[O-])cc2)cc1. The molecule has 2 aromatic heterocycles. The lowest BCUT2D eigenvalue weighted by Gasteiger charge is -2.09. The van der Waals surface area contributed by atoms with Crippen molar-refractivity contribution < 1.29 is 48.1 Å². The van der Waals surface area contributed by atoms with Gasteiger partial charge in [0.1, 0.15) is 0 Å². The number of aromatic nitrogens is 4. The first-order valence-electron chi connectivity index (χ1n) is 15.4. The van der Waals surface area contributed by atoms with Gasteiger partial charge in [0.05, 0.1) is 39.3 Å². The summed E-state index contributed by atoms with van der Waals surface area (Å²) in [5.41, 5.74) is -0.466. The highest BCUT2D eigenvalue weighted by molar-refractivity contribution is 7.90. The zero-order valence-electron chi connectivity index (χ0n) is 28.3. The minimum Gasteiger partial charge on any atom is -0.271 e. The van der Waals surface area contributed by atoms with E-state index in [0.717, 1.165) is 21.5 Å². The minimum absolute atomic E-state index is 0.0411. The molecule has 0 atom stereocenters. The van der Waals surface area contributed by atoms with Gasteiger partial charge in [-0.1, -0.05) is 12.1 Å². The molecule has 6 N–H and O–H groups in total. The number of anilines is 2. The molecule has 6 rings (SSSR count). The smallest absolute Gasteiger partial charge is 0.271 e. The van der Waals surface area contributed by atoms with E-state index in [1.54, 1.807) is 0 Å². The summed E-state index contributed by atoms with van der Waals surface area (Å²) in [7, 11) is -7.98. The van der Waals surface area contributed by atoms with Crippen LogP contribution in [0, 0.1) is 21.4 Å². The number of hydrogen-bond acceptors (Lipinski definition) is 9. The lowest BCUT2D eigenvalue weighted by molar-refractivity contribution is -0.384. The van der Waals surface area contributed by atoms with Crippen LogP contribution in [0.5, 0.6) is 0 Å². The Hall–Kier alpha value is -6.81. The van der Waals surface area contributed by atoms with Crippen LogP contribution in [-0.2, 0) is 32.8 Å². The summed E-state index contributed by atoms with van der Waals surface area (Å²) in [4.78, 5) is 10.2. The number of nitro groups is 1. The number of nitrogens with two attached hydrogens (primary N) is 2. The van der Waals surface area contributed by atoms with Gasteiger partial charge in [-0.05, 0) is 84.9 Å². The van der Waals surface area contributed by atoms with Crippen LogP contribution in [0.2, 0.25) is 0 Å². The molecule has 16 nitrogen and oxygen atoms in total. The van der Waals surface area contributed by atoms with Gasteiger partial charge in [-0.15, -0.1) is 0 Å². The monoisotopic (exact) mass is 834 g/mol. The first kappa shape index (κ1) is 41.4. The fourth-order valence-electron chi connectivity index (χ4n) is 4.98. The quantitative estimate of drug-likeness (QED) is 0.0743. The summed E-state index contributed by atoms with van der Waals surface area (Å²) >= 11 is 0. The Morgan fingerprint density at radius 2 is 0.982 bits per heavy atom. The summed E-state index contributed by atoms with van der Waals surface area (Å²) in [6, 6.07) is 25.4. The van der Waals surface area contributed by atoms with Gasteiger partial charge in [0, 0.05) is 34.6 Å². The zero-order chi connectivity index (χ0) is 41.9. The number of benzene rings is 4. The number of non-ortho nitro benzene ring substituents is 1. The summed E-state index contributed by atoms with van der Waals surface area (Å²) in [5.74, 6) is 0. The van der Waals surface area contributed by atoms with E-state index in [4.69, 9.17) is 15.5 Å². The second-order valence-corrected chi connectivity index (χ2v) is 14.1. The summed E-state index contributed by atoms with van der Waals surface area (Å²) < 4.78 is 129. The third-order valence-electron chi connectivity index (χ3n) is 7.43. The normalized spacial score (nSPS) is 11.9. The largest absolute Gasteiger partial charge is 0.435 e. The molecule has 0 fully saturated rings. The van der Waals surface area contributed by atoms with Crippen molar-refractivity contribution in [3.05, 3.63) is 136 Å². The van der Waals surface area contributed by atoms with E-state index < -0.39 is 49.1 Å². The lowest BCUT2D eigenvalue weighted by atomic mass is 10.1. The van der Waals surface area contributed by atoms with Crippen LogP contribution in [0.3, 0.4) is 0 Å². The maximum absolute atomic E-state index is 13.2. The van der Waals surface area contributed by atoms with Gasteiger partial charge in [-0.2, -0.15) is 58.6 Å². The molecule has 0 aliphatic rings. The second kappa shape index (κ2) is 15.7. The predicted molar refractivity (Wildman–Crippen MR) is 193 cm³/mol. The minimum atomic E-state index is -4.71. The van der Waals surface area contributed by atoms with Crippen molar-refractivity contribution in [2.45, 2.75) is 12.4 Å². The van der Waals surface area contributed by atoms with Crippen molar-refractivity contribution >= 4 is 37.5 Å². The fourth-order valence-corrected chi connectivity index (χ4v) is 5.91. The number of nitriles is 1. The van der Waals surface area contributed by atoms with E-state index in [-0.39, 0.29) is 45.4 Å². The third-order valence-corrected chi connectivity index (χ3v) is 8.47. The number of nitrogens with one attached hydrogen (secondary N) is 2. The number of nitro benzene ring substituents is 1. The van der Waals surface area contributed by atoms with E-state index in [9.17, 15) is 53.3 Å². The molecule has 2 heterocycles. The van der Waals surface area contributed by atoms with Crippen molar-refractivity contribution in [3.8, 4) is 40.0 Å². The molecule has 0 aliphatic carbocycles. The highest BCUT2D eigenvalue weighted by Gasteiger charge is 2.36. The number of halogens is 6. The molecule has 57 heavy (non-hydrogen) atoms. The molecule has 0 amide bonds. The van der Waals surface area contributed by atoms with Gasteiger partial charge in [0.2, 0.25) is 0 Å². The van der Waals surface area contributed by atoms with Gasteiger partial charge in [0.15, 0.2) is 11.4 Å². The molecular formula is C33H24F6N10O6S2. The van der Waals surface area contributed by atoms with Gasteiger partial charge in [-0.25, -0.2) is 19.6 Å². The van der Waals surface area contributed by atoms with Crippen LogP contribution >= 0.6 is 0 Å².